The van der Waals surface area contributed by atoms with Crippen molar-refractivity contribution in [1.29, 1.82) is 0 Å². The molecule has 150 valence electrons. The van der Waals surface area contributed by atoms with Crippen LogP contribution in [-0.2, 0) is 0 Å². The highest BCUT2D eigenvalue weighted by molar-refractivity contribution is 7.80. The van der Waals surface area contributed by atoms with Crippen molar-refractivity contribution in [2.75, 3.05) is 67.5 Å². The lowest BCUT2D eigenvalue weighted by Gasteiger charge is -2.30. The first kappa shape index (κ1) is 24.8. The minimum absolute atomic E-state index is 0.616. The third-order valence-corrected chi connectivity index (χ3v) is 5.05. The monoisotopic (exact) mass is 438 g/mol. The van der Waals surface area contributed by atoms with Crippen LogP contribution in [0.15, 0.2) is 0 Å². The Morgan fingerprint density at radius 3 is 1.19 bits per heavy atom. The van der Waals surface area contributed by atoms with E-state index in [1.807, 2.05) is 14.1 Å². The van der Waals surface area contributed by atoms with Gasteiger partial charge in [-0.15, -0.1) is 0 Å². The van der Waals surface area contributed by atoms with Crippen molar-refractivity contribution in [2.45, 2.75) is 0 Å². The minimum atomic E-state index is 0.616. The Labute approximate surface area is 178 Å². The molecule has 0 aliphatic rings. The first-order chi connectivity index (χ1) is 12.4. The summed E-state index contributed by atoms with van der Waals surface area (Å²) >= 11 is 21.0. The number of rotatable bonds is 9. The number of hydrogen-bond acceptors (Lipinski definition) is 4. The summed E-state index contributed by atoms with van der Waals surface area (Å²) in [4.78, 5) is 4.16. The molecule has 12 heteroatoms. The van der Waals surface area contributed by atoms with Crippen molar-refractivity contribution in [1.82, 2.24) is 41.7 Å². The Morgan fingerprint density at radius 1 is 0.577 bits per heavy atom. The summed E-state index contributed by atoms with van der Waals surface area (Å²) in [6, 6.07) is 0. The van der Waals surface area contributed by atoms with Crippen LogP contribution in [0.1, 0.15) is 0 Å². The normalized spacial score (nSPS) is 9.54. The van der Waals surface area contributed by atoms with Crippen LogP contribution >= 0.6 is 48.9 Å². The predicted octanol–water partition coefficient (Wildman–Crippen LogP) is -1.21. The van der Waals surface area contributed by atoms with Crippen LogP contribution in [0, 0.1) is 0 Å². The molecule has 0 unspecified atom stereocenters. The summed E-state index contributed by atoms with van der Waals surface area (Å²) in [5.74, 6) is 0. The molecule has 8 nitrogen and oxygen atoms in total. The zero-order valence-electron chi connectivity index (χ0n) is 15.8. The van der Waals surface area contributed by atoms with E-state index in [1.165, 1.54) is 0 Å². The van der Waals surface area contributed by atoms with E-state index < -0.39 is 0 Å². The van der Waals surface area contributed by atoms with Gasteiger partial charge in [0.25, 0.3) is 0 Å². The lowest BCUT2D eigenvalue weighted by molar-refractivity contribution is 0.338. The van der Waals surface area contributed by atoms with Gasteiger partial charge in [0.1, 0.15) is 0 Å². The molecule has 0 amide bonds. The van der Waals surface area contributed by atoms with Crippen molar-refractivity contribution in [3.63, 3.8) is 0 Å². The Bertz CT molecular complexity index is 432. The van der Waals surface area contributed by atoms with Gasteiger partial charge in [0.2, 0.25) is 0 Å². The molecular formula is C14H30N8S4. The van der Waals surface area contributed by atoms with Crippen LogP contribution < -0.4 is 31.9 Å². The van der Waals surface area contributed by atoms with E-state index in [9.17, 15) is 0 Å². The maximum Gasteiger partial charge on any atom is 0.168 e. The first-order valence-corrected chi connectivity index (χ1v) is 9.87. The average molecular weight is 439 g/mol. The molecule has 0 radical (unpaired) electrons. The SMILES string of the molecule is CNC(=S)NCCN(CCN(CCNC(=S)NC)C(=S)NC)C(=S)NC. The highest BCUT2D eigenvalue weighted by Crippen LogP contribution is 1.95. The van der Waals surface area contributed by atoms with Crippen molar-refractivity contribution < 1.29 is 0 Å². The van der Waals surface area contributed by atoms with Crippen molar-refractivity contribution in [3.8, 4) is 0 Å². The number of nitrogens with zero attached hydrogens (tertiary/aromatic N) is 2. The number of nitrogens with one attached hydrogen (secondary N) is 6. The second kappa shape index (κ2) is 14.9. The number of hydrogen-bond donors (Lipinski definition) is 6. The molecule has 0 spiro atoms. The van der Waals surface area contributed by atoms with E-state index in [0.717, 1.165) is 26.2 Å². The molecule has 0 aromatic rings. The largest absolute Gasteiger partial charge is 0.366 e. The van der Waals surface area contributed by atoms with Gasteiger partial charge < -0.3 is 41.7 Å². The van der Waals surface area contributed by atoms with E-state index in [2.05, 4.69) is 41.7 Å². The zero-order chi connectivity index (χ0) is 19.9. The highest BCUT2D eigenvalue weighted by Gasteiger charge is 2.13. The lowest BCUT2D eigenvalue weighted by atomic mass is 10.4. The molecule has 0 aromatic heterocycles. The highest BCUT2D eigenvalue weighted by atomic mass is 32.1. The Morgan fingerprint density at radius 2 is 0.923 bits per heavy atom. The molecule has 0 fully saturated rings. The summed E-state index contributed by atoms with van der Waals surface area (Å²) in [7, 11) is 7.21. The molecule has 26 heavy (non-hydrogen) atoms. The quantitative estimate of drug-likeness (QED) is 0.245. The fraction of sp³-hybridized carbons (Fsp3) is 0.714. The molecule has 0 heterocycles. The first-order valence-electron chi connectivity index (χ1n) is 8.24. The van der Waals surface area contributed by atoms with Gasteiger partial charge in [0.05, 0.1) is 0 Å². The van der Waals surface area contributed by atoms with Gasteiger partial charge in [-0.05, 0) is 48.9 Å². The maximum atomic E-state index is 5.40. The van der Waals surface area contributed by atoms with E-state index >= 15 is 0 Å². The molecular weight excluding hydrogens is 408 g/mol. The topological polar surface area (TPSA) is 78.7 Å². The second-order valence-corrected chi connectivity index (χ2v) is 6.69. The summed E-state index contributed by atoms with van der Waals surface area (Å²) in [6.45, 7) is 4.29. The van der Waals surface area contributed by atoms with E-state index in [0.29, 0.717) is 33.5 Å². The van der Waals surface area contributed by atoms with E-state index in [-0.39, 0.29) is 0 Å². The van der Waals surface area contributed by atoms with Gasteiger partial charge in [-0.3, -0.25) is 0 Å². The summed E-state index contributed by atoms with van der Waals surface area (Å²) in [5, 5.41) is 20.7. The third-order valence-electron chi connectivity index (χ3n) is 3.43. The van der Waals surface area contributed by atoms with Gasteiger partial charge in [-0.25, -0.2) is 0 Å². The minimum Gasteiger partial charge on any atom is -0.366 e. The average Bonchev–Trinajstić information content (AvgIpc) is 2.66. The molecule has 0 bridgehead atoms. The van der Waals surface area contributed by atoms with Crippen LogP contribution in [0.3, 0.4) is 0 Å². The Kier molecular flexibility index (Phi) is 14.2. The molecule has 0 aromatic carbocycles. The van der Waals surface area contributed by atoms with Gasteiger partial charge in [-0.2, -0.15) is 0 Å². The summed E-state index contributed by atoms with van der Waals surface area (Å²) < 4.78 is 0. The van der Waals surface area contributed by atoms with Crippen LogP contribution in [-0.4, -0.2) is 97.7 Å². The van der Waals surface area contributed by atoms with Crippen LogP contribution in [0.2, 0.25) is 0 Å². The van der Waals surface area contributed by atoms with Gasteiger partial charge in [0, 0.05) is 67.5 Å². The van der Waals surface area contributed by atoms with E-state index in [1.54, 1.807) is 14.1 Å². The second-order valence-electron chi connectivity index (χ2n) is 5.10. The summed E-state index contributed by atoms with van der Waals surface area (Å²) in [6.07, 6.45) is 0. The molecule has 0 atom stereocenters. The molecule has 0 aliphatic heterocycles. The molecule has 0 saturated carbocycles. The molecule has 0 rings (SSSR count). The van der Waals surface area contributed by atoms with Gasteiger partial charge in [0.15, 0.2) is 20.4 Å². The van der Waals surface area contributed by atoms with Crippen LogP contribution in [0.4, 0.5) is 0 Å². The van der Waals surface area contributed by atoms with Crippen molar-refractivity contribution >= 4 is 69.3 Å². The molecule has 6 N–H and O–H groups in total. The summed E-state index contributed by atoms with van der Waals surface area (Å²) in [5.41, 5.74) is 0. The van der Waals surface area contributed by atoms with Crippen molar-refractivity contribution in [3.05, 3.63) is 0 Å². The predicted molar refractivity (Wildman–Crippen MR) is 126 cm³/mol. The molecule has 0 aliphatic carbocycles. The number of thiocarbonyl (C=S) groups is 4. The Balaban J connectivity index is 4.61. The van der Waals surface area contributed by atoms with Crippen LogP contribution in [0.5, 0.6) is 0 Å². The lowest BCUT2D eigenvalue weighted by Crippen LogP contribution is -2.50. The van der Waals surface area contributed by atoms with Gasteiger partial charge in [-0.1, -0.05) is 0 Å². The fourth-order valence-electron chi connectivity index (χ4n) is 1.97. The van der Waals surface area contributed by atoms with Gasteiger partial charge >= 0.3 is 0 Å². The van der Waals surface area contributed by atoms with Crippen LogP contribution in [0.25, 0.3) is 0 Å². The Hall–Kier alpha value is -1.24. The smallest absolute Gasteiger partial charge is 0.168 e. The fourth-order valence-corrected chi connectivity index (χ4v) is 2.54. The third kappa shape index (κ3) is 10.7. The zero-order valence-corrected chi connectivity index (χ0v) is 19.0. The standard InChI is InChI=1S/C14H30N8S4/c1-15-11(23)19-5-7-21(13(25)17-3)9-10-22(14(26)18-4)8-6-20-12(24)16-2/h5-10H2,1-4H3,(H,17,25)(H,18,26)(H2,15,19,23)(H2,16,20,24). The maximum absolute atomic E-state index is 5.40. The van der Waals surface area contributed by atoms with E-state index in [4.69, 9.17) is 48.9 Å². The van der Waals surface area contributed by atoms with Crippen molar-refractivity contribution in [2.24, 2.45) is 0 Å². The molecule has 0 saturated heterocycles.